The first-order chi connectivity index (χ1) is 7.30. The van der Waals surface area contributed by atoms with Crippen LogP contribution in [0.25, 0.3) is 0 Å². The topological polar surface area (TPSA) is 89.3 Å². The summed E-state index contributed by atoms with van der Waals surface area (Å²) in [4.78, 5) is 11.9. The number of thiocarbonyl (C=S) groups is 1. The van der Waals surface area contributed by atoms with Crippen LogP contribution in [-0.4, -0.2) is 36.9 Å². The average Bonchev–Trinajstić information content (AvgIpc) is 2.44. The molecule has 1 amide bonds. The number of hydrogen-bond donors (Lipinski definition) is 2. The van der Waals surface area contributed by atoms with Crippen LogP contribution in [0, 0.1) is 5.92 Å². The molecule has 0 spiro atoms. The lowest BCUT2D eigenvalue weighted by Crippen LogP contribution is -2.39. The fraction of sp³-hybridized carbons (Fsp3) is 0.778. The molecule has 0 bridgehead atoms. The van der Waals surface area contributed by atoms with Crippen molar-refractivity contribution in [1.82, 2.24) is 5.32 Å². The molecular formula is C9H16N2O3S2. The first kappa shape index (κ1) is 13.4. The summed E-state index contributed by atoms with van der Waals surface area (Å²) in [6.07, 6.45) is 0.842. The van der Waals surface area contributed by atoms with Gasteiger partial charge in [0.05, 0.1) is 16.5 Å². The fourth-order valence-electron chi connectivity index (χ4n) is 1.65. The Hall–Kier alpha value is -0.690. The van der Waals surface area contributed by atoms with Crippen LogP contribution in [0.3, 0.4) is 0 Å². The number of rotatable bonds is 4. The predicted octanol–water partition coefficient (Wildman–Crippen LogP) is -0.398. The zero-order chi connectivity index (χ0) is 12.3. The molecule has 5 nitrogen and oxygen atoms in total. The number of nitrogens with two attached hydrogens (primary N) is 1. The summed E-state index contributed by atoms with van der Waals surface area (Å²) in [5.74, 6) is -0.295. The zero-order valence-corrected chi connectivity index (χ0v) is 10.7. The molecule has 0 aromatic heterocycles. The van der Waals surface area contributed by atoms with Crippen molar-refractivity contribution >= 4 is 33.0 Å². The van der Waals surface area contributed by atoms with Gasteiger partial charge in [0.1, 0.15) is 0 Å². The molecule has 2 atom stereocenters. The highest BCUT2D eigenvalue weighted by Gasteiger charge is 2.29. The Kier molecular flexibility index (Phi) is 4.26. The molecule has 0 aromatic carbocycles. The van der Waals surface area contributed by atoms with Gasteiger partial charge in [-0.15, -0.1) is 0 Å². The molecule has 1 heterocycles. The van der Waals surface area contributed by atoms with E-state index in [9.17, 15) is 13.2 Å². The van der Waals surface area contributed by atoms with E-state index in [0.29, 0.717) is 17.8 Å². The average molecular weight is 264 g/mol. The molecule has 0 saturated carbocycles. The maximum Gasteiger partial charge on any atom is 0.223 e. The molecule has 1 fully saturated rings. The Balaban J connectivity index is 2.44. The lowest BCUT2D eigenvalue weighted by molar-refractivity contribution is -0.124. The number of carbonyl (C=O) groups is 1. The number of sulfone groups is 1. The van der Waals surface area contributed by atoms with Crippen LogP contribution in [0.1, 0.15) is 19.8 Å². The van der Waals surface area contributed by atoms with Crippen LogP contribution in [-0.2, 0) is 14.6 Å². The van der Waals surface area contributed by atoms with Crippen molar-refractivity contribution in [3.8, 4) is 0 Å². The molecule has 0 radical (unpaired) electrons. The summed E-state index contributed by atoms with van der Waals surface area (Å²) in [6.45, 7) is 1.72. The molecule has 1 rings (SSSR count). The highest BCUT2D eigenvalue weighted by molar-refractivity contribution is 7.91. The molecule has 2 unspecified atom stereocenters. The fourth-order valence-corrected chi connectivity index (χ4v) is 3.57. The molecule has 16 heavy (non-hydrogen) atoms. The van der Waals surface area contributed by atoms with E-state index in [1.807, 2.05) is 0 Å². The lowest BCUT2D eigenvalue weighted by atomic mass is 10.1. The predicted molar refractivity (Wildman–Crippen MR) is 65.8 cm³/mol. The quantitative estimate of drug-likeness (QED) is 0.675. The molecule has 1 aliphatic heterocycles. The molecule has 92 valence electrons. The first-order valence-corrected chi connectivity index (χ1v) is 7.32. The summed E-state index contributed by atoms with van der Waals surface area (Å²) in [5.41, 5.74) is 5.34. The van der Waals surface area contributed by atoms with Crippen LogP contribution < -0.4 is 11.1 Å². The van der Waals surface area contributed by atoms with Gasteiger partial charge >= 0.3 is 0 Å². The standard InChI is InChI=1S/C9H16N2O3S2/c1-6(4-8(10)15)9(12)11-7-2-3-16(13,14)5-7/h6-7H,2-5H2,1H3,(H2,10,15)(H,11,12). The maximum absolute atomic E-state index is 11.6. The van der Waals surface area contributed by atoms with Crippen LogP contribution in [0.5, 0.6) is 0 Å². The Labute approximate surface area is 101 Å². The number of hydrogen-bond acceptors (Lipinski definition) is 4. The third-order valence-electron chi connectivity index (χ3n) is 2.53. The molecule has 1 saturated heterocycles. The molecular weight excluding hydrogens is 248 g/mol. The van der Waals surface area contributed by atoms with Crippen molar-refractivity contribution in [1.29, 1.82) is 0 Å². The van der Waals surface area contributed by atoms with Crippen molar-refractivity contribution < 1.29 is 13.2 Å². The van der Waals surface area contributed by atoms with E-state index in [2.05, 4.69) is 5.32 Å². The van der Waals surface area contributed by atoms with Gasteiger partial charge in [0.15, 0.2) is 9.84 Å². The normalized spacial score (nSPS) is 24.9. The van der Waals surface area contributed by atoms with Crippen LogP contribution in [0.2, 0.25) is 0 Å². The monoisotopic (exact) mass is 264 g/mol. The lowest BCUT2D eigenvalue weighted by Gasteiger charge is -2.15. The van der Waals surface area contributed by atoms with Gasteiger partial charge in [-0.3, -0.25) is 4.79 Å². The highest BCUT2D eigenvalue weighted by Crippen LogP contribution is 2.12. The molecule has 0 aliphatic carbocycles. The van der Waals surface area contributed by atoms with E-state index in [-0.39, 0.29) is 29.4 Å². The van der Waals surface area contributed by atoms with Crippen molar-refractivity contribution in [2.75, 3.05) is 11.5 Å². The van der Waals surface area contributed by atoms with Gasteiger partial charge in [0.2, 0.25) is 5.91 Å². The Morgan fingerprint density at radius 2 is 2.25 bits per heavy atom. The maximum atomic E-state index is 11.6. The van der Waals surface area contributed by atoms with E-state index in [0.717, 1.165) is 0 Å². The van der Waals surface area contributed by atoms with Crippen molar-refractivity contribution in [2.45, 2.75) is 25.8 Å². The van der Waals surface area contributed by atoms with Gasteiger partial charge < -0.3 is 11.1 Å². The Morgan fingerprint density at radius 1 is 1.62 bits per heavy atom. The summed E-state index contributed by atoms with van der Waals surface area (Å²) in [6, 6.07) is -0.258. The summed E-state index contributed by atoms with van der Waals surface area (Å²) in [5, 5.41) is 2.71. The molecule has 3 N–H and O–H groups in total. The minimum atomic E-state index is -2.96. The van der Waals surface area contributed by atoms with Crippen molar-refractivity contribution in [3.05, 3.63) is 0 Å². The second-order valence-electron chi connectivity index (χ2n) is 4.18. The minimum absolute atomic E-state index is 0.0402. The largest absolute Gasteiger partial charge is 0.393 e. The number of amides is 1. The minimum Gasteiger partial charge on any atom is -0.393 e. The summed E-state index contributed by atoms with van der Waals surface area (Å²) in [7, 11) is -2.96. The van der Waals surface area contributed by atoms with Gasteiger partial charge in [-0.25, -0.2) is 8.42 Å². The van der Waals surface area contributed by atoms with Crippen LogP contribution in [0.15, 0.2) is 0 Å². The van der Waals surface area contributed by atoms with Gasteiger partial charge in [0.25, 0.3) is 0 Å². The highest BCUT2D eigenvalue weighted by atomic mass is 32.2. The molecule has 0 aromatic rings. The third kappa shape index (κ3) is 4.05. The van der Waals surface area contributed by atoms with Gasteiger partial charge in [-0.1, -0.05) is 19.1 Å². The van der Waals surface area contributed by atoms with Crippen molar-refractivity contribution in [3.63, 3.8) is 0 Å². The van der Waals surface area contributed by atoms with Gasteiger partial charge in [0, 0.05) is 18.4 Å². The second kappa shape index (κ2) is 5.09. The SMILES string of the molecule is CC(CC(N)=S)C(=O)NC1CCS(=O)(=O)C1. The Morgan fingerprint density at radius 3 is 2.69 bits per heavy atom. The zero-order valence-electron chi connectivity index (χ0n) is 9.10. The Bertz CT molecular complexity index is 392. The van der Waals surface area contributed by atoms with E-state index in [1.54, 1.807) is 6.92 Å². The third-order valence-corrected chi connectivity index (χ3v) is 4.47. The van der Waals surface area contributed by atoms with Gasteiger partial charge in [-0.2, -0.15) is 0 Å². The van der Waals surface area contributed by atoms with Crippen molar-refractivity contribution in [2.24, 2.45) is 11.7 Å². The van der Waals surface area contributed by atoms with E-state index in [4.69, 9.17) is 18.0 Å². The van der Waals surface area contributed by atoms with E-state index >= 15 is 0 Å². The smallest absolute Gasteiger partial charge is 0.223 e. The summed E-state index contributed by atoms with van der Waals surface area (Å²) >= 11 is 4.71. The summed E-state index contributed by atoms with van der Waals surface area (Å²) < 4.78 is 22.4. The molecule has 7 heteroatoms. The number of carbonyl (C=O) groups excluding carboxylic acids is 1. The van der Waals surface area contributed by atoms with Crippen LogP contribution in [0.4, 0.5) is 0 Å². The van der Waals surface area contributed by atoms with Gasteiger partial charge in [-0.05, 0) is 6.42 Å². The van der Waals surface area contributed by atoms with Crippen LogP contribution >= 0.6 is 12.2 Å². The first-order valence-electron chi connectivity index (χ1n) is 5.09. The van der Waals surface area contributed by atoms with E-state index in [1.165, 1.54) is 0 Å². The van der Waals surface area contributed by atoms with E-state index < -0.39 is 9.84 Å². The number of nitrogens with one attached hydrogen (secondary N) is 1. The second-order valence-corrected chi connectivity index (χ2v) is 6.93. The molecule has 1 aliphatic rings.